The van der Waals surface area contributed by atoms with Gasteiger partial charge in [-0.15, -0.1) is 0 Å². The smallest absolute Gasteiger partial charge is 0.180 e. The van der Waals surface area contributed by atoms with Gasteiger partial charge < -0.3 is 9.73 Å². The molecule has 0 aliphatic carbocycles. The zero-order valence-corrected chi connectivity index (χ0v) is 6.88. The summed E-state index contributed by atoms with van der Waals surface area (Å²) in [6.45, 7) is 3.42. The number of halogens is 1. The highest BCUT2D eigenvalue weighted by Crippen LogP contribution is 2.14. The second kappa shape index (κ2) is 2.92. The molecule has 0 amide bonds. The molecule has 1 N–H and O–H groups in total. The van der Waals surface area contributed by atoms with Gasteiger partial charge in [-0.25, -0.2) is 0 Å². The van der Waals surface area contributed by atoms with Crippen molar-refractivity contribution in [1.29, 1.82) is 0 Å². The molecule has 0 spiro atoms. The first-order chi connectivity index (χ1) is 5.16. The van der Waals surface area contributed by atoms with Crippen LogP contribution in [0.25, 0.3) is 0 Å². The number of rotatable bonds is 1. The zero-order chi connectivity index (χ0) is 8.43. The average Bonchev–Trinajstić information content (AvgIpc) is 2.30. The van der Waals surface area contributed by atoms with Crippen LogP contribution in [0.15, 0.2) is 9.68 Å². The van der Waals surface area contributed by atoms with Crippen molar-refractivity contribution in [2.45, 2.75) is 13.8 Å². The molecule has 0 saturated carbocycles. The Morgan fingerprint density at radius 3 is 2.64 bits per heavy atom. The third-order valence-corrected chi connectivity index (χ3v) is 1.59. The van der Waals surface area contributed by atoms with E-state index in [1.807, 2.05) is 0 Å². The van der Waals surface area contributed by atoms with E-state index in [1.165, 1.54) is 0 Å². The number of hydrogen-bond acceptors (Lipinski definition) is 4. The standard InChI is InChI=1S/C6H7ClN2O2/c1-3-5(6(7)8-10)4(2)11-9-3/h10H,1-2H3. The van der Waals surface area contributed by atoms with Crippen LogP contribution in [-0.2, 0) is 0 Å². The molecule has 0 aliphatic rings. The third kappa shape index (κ3) is 1.35. The molecule has 0 fully saturated rings. The molecule has 1 rings (SSSR count). The topological polar surface area (TPSA) is 58.6 Å². The lowest BCUT2D eigenvalue weighted by Gasteiger charge is -1.90. The first kappa shape index (κ1) is 8.07. The van der Waals surface area contributed by atoms with Crippen LogP contribution >= 0.6 is 11.6 Å². The fourth-order valence-electron chi connectivity index (χ4n) is 0.828. The van der Waals surface area contributed by atoms with Crippen LogP contribution in [0, 0.1) is 13.8 Å². The first-order valence-corrected chi connectivity index (χ1v) is 3.35. The molecule has 0 aliphatic heterocycles. The van der Waals surface area contributed by atoms with Crippen molar-refractivity contribution in [3.05, 3.63) is 17.0 Å². The summed E-state index contributed by atoms with van der Waals surface area (Å²) in [5.74, 6) is 0.547. The molecular formula is C6H7ClN2O2. The predicted octanol–water partition coefficient (Wildman–Crippen LogP) is 1.67. The number of oxime groups is 1. The van der Waals surface area contributed by atoms with Crippen molar-refractivity contribution in [3.63, 3.8) is 0 Å². The molecule has 5 heteroatoms. The van der Waals surface area contributed by atoms with Crippen LogP contribution in [-0.4, -0.2) is 15.5 Å². The van der Waals surface area contributed by atoms with E-state index in [4.69, 9.17) is 21.3 Å². The van der Waals surface area contributed by atoms with E-state index in [9.17, 15) is 0 Å². The Morgan fingerprint density at radius 2 is 2.27 bits per heavy atom. The Morgan fingerprint density at radius 1 is 1.64 bits per heavy atom. The molecule has 11 heavy (non-hydrogen) atoms. The molecule has 1 heterocycles. The fourth-order valence-corrected chi connectivity index (χ4v) is 1.10. The highest BCUT2D eigenvalue weighted by Gasteiger charge is 2.13. The minimum absolute atomic E-state index is 0.00116. The second-order valence-corrected chi connectivity index (χ2v) is 2.45. The van der Waals surface area contributed by atoms with E-state index >= 15 is 0 Å². The monoisotopic (exact) mass is 174 g/mol. The second-order valence-electron chi connectivity index (χ2n) is 2.09. The molecule has 1 aromatic rings. The Kier molecular flexibility index (Phi) is 2.14. The maximum atomic E-state index is 8.34. The summed E-state index contributed by atoms with van der Waals surface area (Å²) in [6, 6.07) is 0. The summed E-state index contributed by atoms with van der Waals surface area (Å²) in [4.78, 5) is 0. The van der Waals surface area contributed by atoms with Crippen molar-refractivity contribution in [1.82, 2.24) is 5.16 Å². The molecule has 60 valence electrons. The zero-order valence-electron chi connectivity index (χ0n) is 6.13. The van der Waals surface area contributed by atoms with Crippen molar-refractivity contribution < 1.29 is 9.73 Å². The molecule has 1 aromatic heterocycles. The van der Waals surface area contributed by atoms with E-state index in [0.717, 1.165) is 0 Å². The van der Waals surface area contributed by atoms with Gasteiger partial charge in [-0.3, -0.25) is 0 Å². The Hall–Kier alpha value is -1.03. The summed E-state index contributed by atoms with van der Waals surface area (Å²) in [6.07, 6.45) is 0. The Labute approximate surface area is 68.4 Å². The lowest BCUT2D eigenvalue weighted by molar-refractivity contribution is 0.320. The van der Waals surface area contributed by atoms with E-state index in [0.29, 0.717) is 17.0 Å². The fraction of sp³-hybridized carbons (Fsp3) is 0.333. The van der Waals surface area contributed by atoms with Gasteiger partial charge in [-0.2, -0.15) is 0 Å². The molecule has 0 radical (unpaired) electrons. The third-order valence-electron chi connectivity index (χ3n) is 1.33. The normalized spacial score (nSPS) is 12.1. The predicted molar refractivity (Wildman–Crippen MR) is 40.2 cm³/mol. The minimum Gasteiger partial charge on any atom is -0.410 e. The van der Waals surface area contributed by atoms with Crippen LogP contribution < -0.4 is 0 Å². The molecule has 0 saturated heterocycles. The van der Waals surface area contributed by atoms with E-state index in [1.54, 1.807) is 13.8 Å². The minimum atomic E-state index is 0.00116. The van der Waals surface area contributed by atoms with Gasteiger partial charge in [0, 0.05) is 0 Å². The summed E-state index contributed by atoms with van der Waals surface area (Å²) >= 11 is 5.54. The number of aromatic nitrogens is 1. The quantitative estimate of drug-likeness (QED) is 0.400. The van der Waals surface area contributed by atoms with E-state index in [-0.39, 0.29) is 5.17 Å². The summed E-state index contributed by atoms with van der Waals surface area (Å²) in [7, 11) is 0. The van der Waals surface area contributed by atoms with Gasteiger partial charge in [0.2, 0.25) is 0 Å². The van der Waals surface area contributed by atoms with Crippen molar-refractivity contribution in [3.8, 4) is 0 Å². The van der Waals surface area contributed by atoms with Gasteiger partial charge >= 0.3 is 0 Å². The van der Waals surface area contributed by atoms with E-state index in [2.05, 4.69) is 10.3 Å². The molecular weight excluding hydrogens is 168 g/mol. The van der Waals surface area contributed by atoms with Gasteiger partial charge in [0.05, 0.1) is 11.3 Å². The van der Waals surface area contributed by atoms with Gasteiger partial charge in [0.1, 0.15) is 5.76 Å². The highest BCUT2D eigenvalue weighted by molar-refractivity contribution is 6.69. The number of hydrogen-bond donors (Lipinski definition) is 1. The largest absolute Gasteiger partial charge is 0.410 e. The SMILES string of the molecule is Cc1noc(C)c1C(Cl)=NO. The first-order valence-electron chi connectivity index (χ1n) is 2.97. The van der Waals surface area contributed by atoms with Crippen molar-refractivity contribution in [2.75, 3.05) is 0 Å². The molecule has 0 aromatic carbocycles. The van der Waals surface area contributed by atoms with Crippen LogP contribution in [0.1, 0.15) is 17.0 Å². The number of aryl methyl sites for hydroxylation is 2. The summed E-state index contributed by atoms with van der Waals surface area (Å²) in [5.41, 5.74) is 1.17. The van der Waals surface area contributed by atoms with Crippen molar-refractivity contribution in [2.24, 2.45) is 5.16 Å². The average molecular weight is 175 g/mol. The molecule has 0 unspecified atom stereocenters. The highest BCUT2D eigenvalue weighted by atomic mass is 35.5. The van der Waals surface area contributed by atoms with Crippen LogP contribution in [0.4, 0.5) is 0 Å². The Balaban J connectivity index is 3.21. The van der Waals surface area contributed by atoms with Gasteiger partial charge in [0.15, 0.2) is 5.17 Å². The molecule has 0 bridgehead atoms. The summed E-state index contributed by atoms with van der Waals surface area (Å²) in [5, 5.41) is 14.8. The lowest BCUT2D eigenvalue weighted by Crippen LogP contribution is -1.93. The van der Waals surface area contributed by atoms with Crippen molar-refractivity contribution >= 4 is 16.8 Å². The summed E-state index contributed by atoms with van der Waals surface area (Å²) < 4.78 is 4.79. The molecule has 4 nitrogen and oxygen atoms in total. The van der Waals surface area contributed by atoms with E-state index < -0.39 is 0 Å². The maximum Gasteiger partial charge on any atom is 0.180 e. The van der Waals surface area contributed by atoms with Crippen LogP contribution in [0.5, 0.6) is 0 Å². The van der Waals surface area contributed by atoms with Crippen LogP contribution in [0.3, 0.4) is 0 Å². The van der Waals surface area contributed by atoms with Gasteiger partial charge in [-0.1, -0.05) is 21.9 Å². The van der Waals surface area contributed by atoms with Gasteiger partial charge in [0.25, 0.3) is 0 Å². The van der Waals surface area contributed by atoms with Crippen LogP contribution in [0.2, 0.25) is 0 Å². The maximum absolute atomic E-state index is 8.34. The molecule has 0 atom stereocenters. The Bertz CT molecular complexity index is 273. The van der Waals surface area contributed by atoms with Gasteiger partial charge in [-0.05, 0) is 13.8 Å². The number of nitrogens with zero attached hydrogens (tertiary/aromatic N) is 2. The lowest BCUT2D eigenvalue weighted by atomic mass is 10.2.